The van der Waals surface area contributed by atoms with E-state index in [1.54, 1.807) is 0 Å². The molecule has 0 aromatic rings. The van der Waals surface area contributed by atoms with Crippen molar-refractivity contribution < 1.29 is 0 Å². The number of nitrogens with two attached hydrogens (primary N) is 2. The standard InChI is InChI=1S/C13H31N3/c1-2-3-4-5-11-16-12-7-9-13(15)8-6-10-14/h13,16H,2-12,14-15H2,1H3. The highest BCUT2D eigenvalue weighted by molar-refractivity contribution is 4.62. The fourth-order valence-corrected chi connectivity index (χ4v) is 1.82. The summed E-state index contributed by atoms with van der Waals surface area (Å²) in [6.45, 7) is 5.29. The second-order valence-electron chi connectivity index (χ2n) is 4.64. The zero-order chi connectivity index (χ0) is 12.1. The maximum Gasteiger partial charge on any atom is 0.00397 e. The van der Waals surface area contributed by atoms with E-state index in [4.69, 9.17) is 11.5 Å². The van der Waals surface area contributed by atoms with E-state index < -0.39 is 0 Å². The van der Waals surface area contributed by atoms with E-state index in [9.17, 15) is 0 Å². The smallest absolute Gasteiger partial charge is 0.00397 e. The van der Waals surface area contributed by atoms with E-state index in [2.05, 4.69) is 12.2 Å². The maximum atomic E-state index is 5.96. The van der Waals surface area contributed by atoms with Crippen LogP contribution in [0.2, 0.25) is 0 Å². The third-order valence-corrected chi connectivity index (χ3v) is 2.91. The minimum Gasteiger partial charge on any atom is -0.330 e. The molecule has 0 rings (SSSR count). The maximum absolute atomic E-state index is 5.96. The summed E-state index contributed by atoms with van der Waals surface area (Å²) in [7, 11) is 0. The molecule has 0 amide bonds. The number of unbranched alkanes of at least 4 members (excludes halogenated alkanes) is 3. The van der Waals surface area contributed by atoms with Gasteiger partial charge in [-0.05, 0) is 51.7 Å². The van der Waals surface area contributed by atoms with Gasteiger partial charge < -0.3 is 16.8 Å². The molecule has 0 aliphatic heterocycles. The molecule has 0 saturated heterocycles. The Labute approximate surface area is 101 Å². The molecule has 0 saturated carbocycles. The van der Waals surface area contributed by atoms with Crippen LogP contribution in [0.3, 0.4) is 0 Å². The number of rotatable bonds is 12. The Morgan fingerprint density at radius 1 is 0.938 bits per heavy atom. The first kappa shape index (κ1) is 15.9. The molecule has 98 valence electrons. The summed E-state index contributed by atoms with van der Waals surface area (Å²) < 4.78 is 0. The van der Waals surface area contributed by atoms with Crippen LogP contribution in [0.4, 0.5) is 0 Å². The van der Waals surface area contributed by atoms with Gasteiger partial charge in [0.15, 0.2) is 0 Å². The van der Waals surface area contributed by atoms with Crippen molar-refractivity contribution in [1.29, 1.82) is 0 Å². The van der Waals surface area contributed by atoms with E-state index in [0.29, 0.717) is 6.04 Å². The van der Waals surface area contributed by atoms with Crippen molar-refractivity contribution in [2.75, 3.05) is 19.6 Å². The lowest BCUT2D eigenvalue weighted by Crippen LogP contribution is -2.24. The molecule has 0 aromatic heterocycles. The van der Waals surface area contributed by atoms with Crippen LogP contribution in [0.1, 0.15) is 58.3 Å². The molecule has 0 radical (unpaired) electrons. The van der Waals surface area contributed by atoms with Crippen LogP contribution in [-0.4, -0.2) is 25.7 Å². The van der Waals surface area contributed by atoms with E-state index in [1.165, 1.54) is 32.1 Å². The third kappa shape index (κ3) is 12.0. The summed E-state index contributed by atoms with van der Waals surface area (Å²) in [5.74, 6) is 0. The van der Waals surface area contributed by atoms with Crippen molar-refractivity contribution in [2.24, 2.45) is 11.5 Å². The molecule has 3 heteroatoms. The lowest BCUT2D eigenvalue weighted by Gasteiger charge is -2.10. The summed E-state index contributed by atoms with van der Waals surface area (Å²) in [5, 5.41) is 3.48. The highest BCUT2D eigenvalue weighted by Gasteiger charge is 2.00. The summed E-state index contributed by atoms with van der Waals surface area (Å²) in [4.78, 5) is 0. The van der Waals surface area contributed by atoms with Crippen molar-refractivity contribution >= 4 is 0 Å². The minimum absolute atomic E-state index is 0.352. The van der Waals surface area contributed by atoms with Crippen LogP contribution in [-0.2, 0) is 0 Å². The van der Waals surface area contributed by atoms with Gasteiger partial charge in [-0.15, -0.1) is 0 Å². The van der Waals surface area contributed by atoms with Crippen molar-refractivity contribution in [2.45, 2.75) is 64.3 Å². The second kappa shape index (κ2) is 12.9. The van der Waals surface area contributed by atoms with Gasteiger partial charge in [-0.2, -0.15) is 0 Å². The minimum atomic E-state index is 0.352. The molecule has 0 aromatic carbocycles. The Morgan fingerprint density at radius 2 is 1.62 bits per heavy atom. The Bertz CT molecular complexity index is 128. The van der Waals surface area contributed by atoms with Crippen molar-refractivity contribution in [3.63, 3.8) is 0 Å². The fourth-order valence-electron chi connectivity index (χ4n) is 1.82. The van der Waals surface area contributed by atoms with Crippen LogP contribution in [0.15, 0.2) is 0 Å². The van der Waals surface area contributed by atoms with Gasteiger partial charge in [0, 0.05) is 6.04 Å². The first-order chi connectivity index (χ1) is 7.81. The number of nitrogens with one attached hydrogen (secondary N) is 1. The second-order valence-corrected chi connectivity index (χ2v) is 4.64. The van der Waals surface area contributed by atoms with E-state index in [1.807, 2.05) is 0 Å². The molecule has 0 fully saturated rings. The first-order valence-corrected chi connectivity index (χ1v) is 6.97. The van der Waals surface area contributed by atoms with Gasteiger partial charge in [-0.25, -0.2) is 0 Å². The lowest BCUT2D eigenvalue weighted by molar-refractivity contribution is 0.507. The molecule has 1 atom stereocenters. The van der Waals surface area contributed by atoms with Crippen molar-refractivity contribution in [3.8, 4) is 0 Å². The average molecular weight is 229 g/mol. The molecule has 0 heterocycles. The molecule has 5 N–H and O–H groups in total. The van der Waals surface area contributed by atoms with Gasteiger partial charge in [-0.3, -0.25) is 0 Å². The fraction of sp³-hybridized carbons (Fsp3) is 1.00. The van der Waals surface area contributed by atoms with Gasteiger partial charge in [0.2, 0.25) is 0 Å². The van der Waals surface area contributed by atoms with E-state index in [-0.39, 0.29) is 0 Å². The highest BCUT2D eigenvalue weighted by atomic mass is 14.8. The summed E-state index contributed by atoms with van der Waals surface area (Å²) in [6.07, 6.45) is 9.81. The van der Waals surface area contributed by atoms with Crippen molar-refractivity contribution in [3.05, 3.63) is 0 Å². The number of hydrogen-bond acceptors (Lipinski definition) is 3. The van der Waals surface area contributed by atoms with Gasteiger partial charge in [0.05, 0.1) is 0 Å². The topological polar surface area (TPSA) is 64.1 Å². The van der Waals surface area contributed by atoms with Crippen LogP contribution in [0, 0.1) is 0 Å². The normalized spacial score (nSPS) is 12.9. The molecule has 0 bridgehead atoms. The predicted molar refractivity (Wildman–Crippen MR) is 72.5 cm³/mol. The SMILES string of the molecule is CCCCCCNCCCC(N)CCCN. The zero-order valence-corrected chi connectivity index (χ0v) is 11.0. The summed E-state index contributed by atoms with van der Waals surface area (Å²) >= 11 is 0. The van der Waals surface area contributed by atoms with Crippen molar-refractivity contribution in [1.82, 2.24) is 5.32 Å². The molecular formula is C13H31N3. The molecule has 0 aliphatic rings. The summed E-state index contributed by atoms with van der Waals surface area (Å²) in [6, 6.07) is 0.352. The van der Waals surface area contributed by atoms with Crippen LogP contribution >= 0.6 is 0 Å². The number of hydrogen-bond donors (Lipinski definition) is 3. The molecule has 16 heavy (non-hydrogen) atoms. The van der Waals surface area contributed by atoms with Crippen LogP contribution in [0.25, 0.3) is 0 Å². The molecule has 0 aliphatic carbocycles. The average Bonchev–Trinajstić information content (AvgIpc) is 2.30. The molecular weight excluding hydrogens is 198 g/mol. The Balaban J connectivity index is 3.02. The lowest BCUT2D eigenvalue weighted by atomic mass is 10.1. The molecule has 0 spiro atoms. The molecule has 3 nitrogen and oxygen atoms in total. The summed E-state index contributed by atoms with van der Waals surface area (Å²) in [5.41, 5.74) is 11.4. The van der Waals surface area contributed by atoms with E-state index in [0.717, 1.165) is 38.9 Å². The third-order valence-electron chi connectivity index (χ3n) is 2.91. The quantitative estimate of drug-likeness (QED) is 0.449. The Kier molecular flexibility index (Phi) is 12.9. The Hall–Kier alpha value is -0.120. The monoisotopic (exact) mass is 229 g/mol. The van der Waals surface area contributed by atoms with Gasteiger partial charge in [0.25, 0.3) is 0 Å². The predicted octanol–water partition coefficient (Wildman–Crippen LogP) is 2.00. The van der Waals surface area contributed by atoms with Gasteiger partial charge in [0.1, 0.15) is 0 Å². The molecule has 1 unspecified atom stereocenters. The van der Waals surface area contributed by atoms with Crippen LogP contribution in [0.5, 0.6) is 0 Å². The van der Waals surface area contributed by atoms with Gasteiger partial charge >= 0.3 is 0 Å². The highest BCUT2D eigenvalue weighted by Crippen LogP contribution is 2.01. The largest absolute Gasteiger partial charge is 0.330 e. The first-order valence-electron chi connectivity index (χ1n) is 6.97. The van der Waals surface area contributed by atoms with Crippen LogP contribution < -0.4 is 16.8 Å². The van der Waals surface area contributed by atoms with Gasteiger partial charge in [-0.1, -0.05) is 26.2 Å². The van der Waals surface area contributed by atoms with E-state index >= 15 is 0 Å². The Morgan fingerprint density at radius 3 is 2.31 bits per heavy atom. The zero-order valence-electron chi connectivity index (χ0n) is 11.0.